The number of likely N-dealkylation sites (tertiary alicyclic amines) is 1. The summed E-state index contributed by atoms with van der Waals surface area (Å²) in [5.74, 6) is 1.75. The molecule has 0 aliphatic carbocycles. The highest BCUT2D eigenvalue weighted by Crippen LogP contribution is 2.27. The fourth-order valence-electron chi connectivity index (χ4n) is 3.72. The number of hydrogen-bond donors (Lipinski definition) is 1. The van der Waals surface area contributed by atoms with Crippen molar-refractivity contribution in [3.8, 4) is 0 Å². The molecule has 2 aromatic rings. The van der Waals surface area contributed by atoms with Crippen molar-refractivity contribution in [2.45, 2.75) is 13.5 Å². The van der Waals surface area contributed by atoms with E-state index >= 15 is 0 Å². The van der Waals surface area contributed by atoms with Crippen LogP contribution in [0.2, 0.25) is 0 Å². The van der Waals surface area contributed by atoms with Crippen LogP contribution in [-0.2, 0) is 6.54 Å². The first kappa shape index (κ1) is 14.8. The van der Waals surface area contributed by atoms with Gasteiger partial charge in [0.1, 0.15) is 0 Å². The Morgan fingerprint density at radius 1 is 1.14 bits per heavy atom. The Morgan fingerprint density at radius 2 is 1.90 bits per heavy atom. The van der Waals surface area contributed by atoms with Crippen LogP contribution in [0.4, 0.5) is 0 Å². The van der Waals surface area contributed by atoms with Gasteiger partial charge in [0.25, 0.3) is 0 Å². The number of halogens is 1. The fourth-order valence-corrected chi connectivity index (χ4v) is 3.72. The lowest BCUT2D eigenvalue weighted by atomic mass is 10.0. The zero-order chi connectivity index (χ0) is 13.5. The van der Waals surface area contributed by atoms with E-state index in [1.807, 2.05) is 6.92 Å². The van der Waals surface area contributed by atoms with Gasteiger partial charge >= 0.3 is 0 Å². The second-order valence-corrected chi connectivity index (χ2v) is 6.35. The number of hydrogen-bond acceptors (Lipinski definition) is 3. The van der Waals surface area contributed by atoms with E-state index in [1.54, 1.807) is 0 Å². The van der Waals surface area contributed by atoms with Gasteiger partial charge in [-0.25, -0.2) is 0 Å². The smallest absolute Gasteiger partial charge is 0.0705 e. The van der Waals surface area contributed by atoms with Crippen LogP contribution in [-0.4, -0.2) is 36.1 Å². The summed E-state index contributed by atoms with van der Waals surface area (Å²) >= 11 is 0. The van der Waals surface area contributed by atoms with Gasteiger partial charge in [-0.3, -0.25) is 9.88 Å². The van der Waals surface area contributed by atoms with Crippen LogP contribution in [0.25, 0.3) is 10.9 Å². The normalized spacial score (nSPS) is 25.0. The fraction of sp³-hybridized carbons (Fsp3) is 0.471. The summed E-state index contributed by atoms with van der Waals surface area (Å²) in [6.45, 7) is 8.05. The van der Waals surface area contributed by atoms with E-state index in [9.17, 15) is 0 Å². The van der Waals surface area contributed by atoms with E-state index < -0.39 is 0 Å². The predicted octanol–water partition coefficient (Wildman–Crippen LogP) is 2.62. The Labute approximate surface area is 132 Å². The molecule has 2 aliphatic heterocycles. The lowest BCUT2D eigenvalue weighted by Gasteiger charge is -2.17. The molecule has 0 saturated carbocycles. The molecular formula is C17H22ClN3. The molecule has 2 fully saturated rings. The Bertz CT molecular complexity index is 631. The van der Waals surface area contributed by atoms with Gasteiger partial charge in [-0.15, -0.1) is 12.4 Å². The highest BCUT2D eigenvalue weighted by molar-refractivity contribution is 5.85. The largest absolute Gasteiger partial charge is 0.316 e. The van der Waals surface area contributed by atoms with Gasteiger partial charge in [-0.05, 0) is 55.6 Å². The van der Waals surface area contributed by atoms with Crippen LogP contribution >= 0.6 is 12.4 Å². The molecule has 21 heavy (non-hydrogen) atoms. The van der Waals surface area contributed by atoms with E-state index in [0.29, 0.717) is 0 Å². The Balaban J connectivity index is 0.00000132. The van der Waals surface area contributed by atoms with Crippen LogP contribution in [0.5, 0.6) is 0 Å². The van der Waals surface area contributed by atoms with Crippen molar-refractivity contribution in [1.82, 2.24) is 15.2 Å². The first-order valence-corrected chi connectivity index (χ1v) is 7.57. The number of rotatable bonds is 2. The highest BCUT2D eigenvalue weighted by atomic mass is 35.5. The van der Waals surface area contributed by atoms with E-state index in [4.69, 9.17) is 0 Å². The highest BCUT2D eigenvalue weighted by Gasteiger charge is 2.35. The minimum atomic E-state index is 0. The molecule has 0 amide bonds. The van der Waals surface area contributed by atoms with Crippen molar-refractivity contribution in [3.05, 3.63) is 41.6 Å². The molecular weight excluding hydrogens is 282 g/mol. The van der Waals surface area contributed by atoms with Crippen LogP contribution in [0.15, 0.2) is 30.3 Å². The van der Waals surface area contributed by atoms with Gasteiger partial charge < -0.3 is 5.32 Å². The molecule has 3 nitrogen and oxygen atoms in total. The predicted molar refractivity (Wildman–Crippen MR) is 88.9 cm³/mol. The third kappa shape index (κ3) is 2.91. The Morgan fingerprint density at radius 3 is 2.67 bits per heavy atom. The van der Waals surface area contributed by atoms with Crippen LogP contribution in [0.3, 0.4) is 0 Å². The monoisotopic (exact) mass is 303 g/mol. The Hall–Kier alpha value is -1.16. The van der Waals surface area contributed by atoms with Gasteiger partial charge in [0.05, 0.1) is 5.52 Å². The molecule has 1 aromatic carbocycles. The topological polar surface area (TPSA) is 28.2 Å². The van der Waals surface area contributed by atoms with Crippen molar-refractivity contribution < 1.29 is 0 Å². The molecule has 2 aliphatic rings. The number of aryl methyl sites for hydroxylation is 1. The van der Waals surface area contributed by atoms with Crippen molar-refractivity contribution in [3.63, 3.8) is 0 Å². The van der Waals surface area contributed by atoms with Gasteiger partial charge in [0.15, 0.2) is 0 Å². The maximum atomic E-state index is 4.57. The third-order valence-electron chi connectivity index (χ3n) is 4.76. The average Bonchev–Trinajstić information content (AvgIpc) is 3.00. The zero-order valence-electron chi connectivity index (χ0n) is 12.4. The first-order valence-electron chi connectivity index (χ1n) is 7.57. The molecule has 0 unspecified atom stereocenters. The van der Waals surface area contributed by atoms with E-state index in [-0.39, 0.29) is 12.4 Å². The number of benzene rings is 1. The molecule has 4 heteroatoms. The SMILES string of the molecule is Cc1ccc2cc(CN3C[C@H]4CNC[C@H]4C3)ccc2n1.Cl. The summed E-state index contributed by atoms with van der Waals surface area (Å²) in [4.78, 5) is 7.18. The summed E-state index contributed by atoms with van der Waals surface area (Å²) in [6, 6.07) is 11.0. The maximum absolute atomic E-state index is 4.57. The summed E-state index contributed by atoms with van der Waals surface area (Å²) in [5.41, 5.74) is 3.61. The Kier molecular flexibility index (Phi) is 4.16. The van der Waals surface area contributed by atoms with Crippen molar-refractivity contribution in [2.75, 3.05) is 26.2 Å². The summed E-state index contributed by atoms with van der Waals surface area (Å²) in [5, 5.41) is 4.76. The molecule has 0 radical (unpaired) electrons. The number of pyridine rings is 1. The summed E-state index contributed by atoms with van der Waals surface area (Å²) < 4.78 is 0. The molecule has 4 rings (SSSR count). The minimum Gasteiger partial charge on any atom is -0.316 e. The third-order valence-corrected chi connectivity index (χ3v) is 4.76. The van der Waals surface area contributed by atoms with Crippen LogP contribution in [0.1, 0.15) is 11.3 Å². The number of fused-ring (bicyclic) bond motifs is 2. The first-order chi connectivity index (χ1) is 9.78. The van der Waals surface area contributed by atoms with Gasteiger partial charge in [-0.2, -0.15) is 0 Å². The van der Waals surface area contributed by atoms with E-state index in [2.05, 4.69) is 45.5 Å². The molecule has 2 saturated heterocycles. The lowest BCUT2D eigenvalue weighted by molar-refractivity contribution is 0.306. The van der Waals surface area contributed by atoms with Gasteiger partial charge in [0.2, 0.25) is 0 Å². The van der Waals surface area contributed by atoms with Crippen molar-refractivity contribution in [2.24, 2.45) is 11.8 Å². The second-order valence-electron chi connectivity index (χ2n) is 6.35. The number of nitrogens with one attached hydrogen (secondary N) is 1. The quantitative estimate of drug-likeness (QED) is 0.924. The lowest BCUT2D eigenvalue weighted by Crippen LogP contribution is -2.25. The average molecular weight is 304 g/mol. The molecule has 3 heterocycles. The molecule has 2 atom stereocenters. The maximum Gasteiger partial charge on any atom is 0.0705 e. The van der Waals surface area contributed by atoms with E-state index in [0.717, 1.165) is 29.6 Å². The molecule has 0 spiro atoms. The molecule has 1 aromatic heterocycles. The molecule has 112 valence electrons. The van der Waals surface area contributed by atoms with Crippen LogP contribution in [0, 0.1) is 18.8 Å². The zero-order valence-corrected chi connectivity index (χ0v) is 13.2. The minimum absolute atomic E-state index is 0. The summed E-state index contributed by atoms with van der Waals surface area (Å²) in [7, 11) is 0. The number of nitrogens with zero attached hydrogens (tertiary/aromatic N) is 2. The second kappa shape index (κ2) is 5.91. The molecule has 0 bridgehead atoms. The summed E-state index contributed by atoms with van der Waals surface area (Å²) in [6.07, 6.45) is 0. The van der Waals surface area contributed by atoms with Crippen molar-refractivity contribution >= 4 is 23.3 Å². The van der Waals surface area contributed by atoms with Crippen molar-refractivity contribution in [1.29, 1.82) is 0 Å². The van der Waals surface area contributed by atoms with Gasteiger partial charge in [0, 0.05) is 30.7 Å². The van der Waals surface area contributed by atoms with Crippen LogP contribution < -0.4 is 5.32 Å². The molecule has 1 N–H and O–H groups in total. The van der Waals surface area contributed by atoms with E-state index in [1.165, 1.54) is 37.1 Å². The number of aromatic nitrogens is 1. The standard InChI is InChI=1S/C17H21N3.ClH/c1-12-2-4-14-6-13(3-5-17(14)19-12)9-20-10-15-7-18-8-16(15)11-20;/h2-6,15-16,18H,7-11H2,1H3;1H/t15-,16+;. The van der Waals surface area contributed by atoms with Gasteiger partial charge in [-0.1, -0.05) is 12.1 Å².